The fourth-order valence-electron chi connectivity index (χ4n) is 1.35. The zero-order valence-corrected chi connectivity index (χ0v) is 9.58. The molecule has 0 bridgehead atoms. The van der Waals surface area contributed by atoms with Crippen molar-refractivity contribution in [3.63, 3.8) is 0 Å². The first kappa shape index (κ1) is 10.1. The topological polar surface area (TPSA) is 37.8 Å². The van der Waals surface area contributed by atoms with Gasteiger partial charge >= 0.3 is 0 Å². The maximum atomic E-state index is 4.24. The molecule has 0 radical (unpaired) electrons. The number of rotatable bonds is 3. The van der Waals surface area contributed by atoms with Crippen LogP contribution in [-0.4, -0.2) is 9.97 Å². The monoisotopic (exact) mass is 219 g/mol. The number of thiazole rings is 1. The van der Waals surface area contributed by atoms with Gasteiger partial charge < -0.3 is 5.32 Å². The maximum absolute atomic E-state index is 4.24. The van der Waals surface area contributed by atoms with Crippen molar-refractivity contribution in [2.45, 2.75) is 19.9 Å². The molecule has 1 atom stereocenters. The quantitative estimate of drug-likeness (QED) is 0.862. The van der Waals surface area contributed by atoms with E-state index in [4.69, 9.17) is 0 Å². The standard InChI is InChI=1S/C11H13N3S/c1-8(11-7-13-9(2)15-11)14-10-4-3-5-12-6-10/h3-8,14H,1-2H3. The number of nitrogens with one attached hydrogen (secondary N) is 1. The number of aryl methyl sites for hydroxylation is 1. The molecule has 2 aromatic heterocycles. The van der Waals surface area contributed by atoms with Crippen LogP contribution in [0.3, 0.4) is 0 Å². The number of hydrogen-bond donors (Lipinski definition) is 1. The Morgan fingerprint density at radius 2 is 2.27 bits per heavy atom. The average Bonchev–Trinajstić information content (AvgIpc) is 2.66. The lowest BCUT2D eigenvalue weighted by Gasteiger charge is -2.12. The van der Waals surface area contributed by atoms with E-state index in [1.165, 1.54) is 4.88 Å². The van der Waals surface area contributed by atoms with Gasteiger partial charge in [-0.15, -0.1) is 11.3 Å². The first-order valence-electron chi connectivity index (χ1n) is 4.84. The summed E-state index contributed by atoms with van der Waals surface area (Å²) in [5.74, 6) is 0. The number of aromatic nitrogens is 2. The van der Waals surface area contributed by atoms with Crippen molar-refractivity contribution in [1.82, 2.24) is 9.97 Å². The Hall–Kier alpha value is -1.42. The molecule has 2 aromatic rings. The number of hydrogen-bond acceptors (Lipinski definition) is 4. The highest BCUT2D eigenvalue weighted by Crippen LogP contribution is 2.23. The Kier molecular flexibility index (Phi) is 2.97. The van der Waals surface area contributed by atoms with Crippen molar-refractivity contribution >= 4 is 17.0 Å². The highest BCUT2D eigenvalue weighted by Gasteiger charge is 2.07. The molecule has 0 aliphatic carbocycles. The minimum absolute atomic E-state index is 0.278. The second-order valence-corrected chi connectivity index (χ2v) is 4.66. The van der Waals surface area contributed by atoms with Crippen LogP contribution in [0.4, 0.5) is 5.69 Å². The third kappa shape index (κ3) is 2.53. The van der Waals surface area contributed by atoms with Crippen LogP contribution < -0.4 is 5.32 Å². The lowest BCUT2D eigenvalue weighted by Crippen LogP contribution is -2.04. The largest absolute Gasteiger partial charge is 0.376 e. The van der Waals surface area contributed by atoms with Gasteiger partial charge in [-0.1, -0.05) is 0 Å². The SMILES string of the molecule is Cc1ncc(C(C)Nc2cccnc2)s1. The molecule has 0 spiro atoms. The van der Waals surface area contributed by atoms with E-state index in [9.17, 15) is 0 Å². The summed E-state index contributed by atoms with van der Waals surface area (Å²) in [6.45, 7) is 4.14. The third-order valence-electron chi connectivity index (χ3n) is 2.11. The van der Waals surface area contributed by atoms with Crippen LogP contribution in [0.15, 0.2) is 30.7 Å². The van der Waals surface area contributed by atoms with E-state index >= 15 is 0 Å². The lowest BCUT2D eigenvalue weighted by atomic mass is 10.3. The molecule has 15 heavy (non-hydrogen) atoms. The van der Waals surface area contributed by atoms with Crippen LogP contribution in [0.1, 0.15) is 22.9 Å². The van der Waals surface area contributed by atoms with Gasteiger partial charge in [-0.25, -0.2) is 4.98 Å². The Balaban J connectivity index is 2.07. The molecule has 0 aliphatic rings. The molecule has 3 nitrogen and oxygen atoms in total. The lowest BCUT2D eigenvalue weighted by molar-refractivity contribution is 0.901. The molecular formula is C11H13N3S. The Labute approximate surface area is 93.2 Å². The van der Waals surface area contributed by atoms with E-state index in [1.54, 1.807) is 17.5 Å². The summed E-state index contributed by atoms with van der Waals surface area (Å²) in [6.07, 6.45) is 5.52. The van der Waals surface area contributed by atoms with Gasteiger partial charge in [0.1, 0.15) is 0 Å². The third-order valence-corrected chi connectivity index (χ3v) is 3.21. The first-order chi connectivity index (χ1) is 7.25. The van der Waals surface area contributed by atoms with E-state index in [0.29, 0.717) is 0 Å². The number of pyridine rings is 1. The average molecular weight is 219 g/mol. The van der Waals surface area contributed by atoms with Crippen molar-refractivity contribution < 1.29 is 0 Å². The van der Waals surface area contributed by atoms with Crippen LogP contribution in [-0.2, 0) is 0 Å². The highest BCUT2D eigenvalue weighted by molar-refractivity contribution is 7.11. The van der Waals surface area contributed by atoms with Crippen LogP contribution >= 0.6 is 11.3 Å². The normalized spacial score (nSPS) is 12.4. The van der Waals surface area contributed by atoms with Crippen LogP contribution in [0.2, 0.25) is 0 Å². The zero-order valence-electron chi connectivity index (χ0n) is 8.77. The predicted molar refractivity (Wildman–Crippen MR) is 63.1 cm³/mol. The highest BCUT2D eigenvalue weighted by atomic mass is 32.1. The molecule has 0 aromatic carbocycles. The van der Waals surface area contributed by atoms with Crippen molar-refractivity contribution in [2.24, 2.45) is 0 Å². The van der Waals surface area contributed by atoms with E-state index in [1.807, 2.05) is 31.5 Å². The van der Waals surface area contributed by atoms with E-state index in [2.05, 4.69) is 22.2 Å². The summed E-state index contributed by atoms with van der Waals surface area (Å²) in [7, 11) is 0. The molecule has 0 amide bonds. The summed E-state index contributed by atoms with van der Waals surface area (Å²) in [5, 5.41) is 4.48. The van der Waals surface area contributed by atoms with Crippen molar-refractivity contribution in [1.29, 1.82) is 0 Å². The van der Waals surface area contributed by atoms with Crippen LogP contribution in [0.5, 0.6) is 0 Å². The number of anilines is 1. The molecule has 0 fully saturated rings. The van der Waals surface area contributed by atoms with Crippen molar-refractivity contribution in [3.05, 3.63) is 40.6 Å². The van der Waals surface area contributed by atoms with Gasteiger partial charge in [0.05, 0.1) is 16.7 Å². The molecule has 1 N–H and O–H groups in total. The Bertz CT molecular complexity index is 424. The maximum Gasteiger partial charge on any atom is 0.0897 e. The van der Waals surface area contributed by atoms with Crippen LogP contribution in [0.25, 0.3) is 0 Å². The minimum Gasteiger partial charge on any atom is -0.376 e. The van der Waals surface area contributed by atoms with Gasteiger partial charge in [0, 0.05) is 23.5 Å². The predicted octanol–water partition coefficient (Wildman–Crippen LogP) is 3.02. The summed E-state index contributed by atoms with van der Waals surface area (Å²) in [5.41, 5.74) is 1.04. The van der Waals surface area contributed by atoms with Gasteiger partial charge in [-0.05, 0) is 26.0 Å². The smallest absolute Gasteiger partial charge is 0.0897 e. The molecule has 78 valence electrons. The fraction of sp³-hybridized carbons (Fsp3) is 0.273. The molecule has 2 heterocycles. The molecular weight excluding hydrogens is 206 g/mol. The fourth-order valence-corrected chi connectivity index (χ4v) is 2.13. The van der Waals surface area contributed by atoms with Gasteiger partial charge in [0.2, 0.25) is 0 Å². The second kappa shape index (κ2) is 4.40. The second-order valence-electron chi connectivity index (χ2n) is 3.39. The Morgan fingerprint density at radius 1 is 1.40 bits per heavy atom. The summed E-state index contributed by atoms with van der Waals surface area (Å²) >= 11 is 1.72. The molecule has 1 unspecified atom stereocenters. The molecule has 2 rings (SSSR count). The van der Waals surface area contributed by atoms with Crippen molar-refractivity contribution in [2.75, 3.05) is 5.32 Å². The minimum atomic E-state index is 0.278. The zero-order chi connectivity index (χ0) is 10.7. The first-order valence-corrected chi connectivity index (χ1v) is 5.66. The molecule has 4 heteroatoms. The molecule has 0 saturated carbocycles. The van der Waals surface area contributed by atoms with Crippen molar-refractivity contribution in [3.8, 4) is 0 Å². The molecule has 0 saturated heterocycles. The van der Waals surface area contributed by atoms with E-state index < -0.39 is 0 Å². The van der Waals surface area contributed by atoms with Gasteiger partial charge in [0.25, 0.3) is 0 Å². The van der Waals surface area contributed by atoms with Gasteiger partial charge in [0.15, 0.2) is 0 Å². The van der Waals surface area contributed by atoms with Gasteiger partial charge in [-0.3, -0.25) is 4.98 Å². The van der Waals surface area contributed by atoms with E-state index in [0.717, 1.165) is 10.7 Å². The summed E-state index contributed by atoms with van der Waals surface area (Å²) in [4.78, 5) is 9.55. The molecule has 0 aliphatic heterocycles. The summed E-state index contributed by atoms with van der Waals surface area (Å²) < 4.78 is 0. The number of nitrogens with zero attached hydrogens (tertiary/aromatic N) is 2. The Morgan fingerprint density at radius 3 is 2.87 bits per heavy atom. The summed E-state index contributed by atoms with van der Waals surface area (Å²) in [6, 6.07) is 4.21. The van der Waals surface area contributed by atoms with E-state index in [-0.39, 0.29) is 6.04 Å². The van der Waals surface area contributed by atoms with Crippen LogP contribution in [0, 0.1) is 6.92 Å². The van der Waals surface area contributed by atoms with Gasteiger partial charge in [-0.2, -0.15) is 0 Å².